The lowest BCUT2D eigenvalue weighted by atomic mass is 9.96. The van der Waals surface area contributed by atoms with Gasteiger partial charge in [0.15, 0.2) is 5.11 Å². The molecule has 4 rings (SSSR count). The largest absolute Gasteiger partial charge is 0.362 e. The summed E-state index contributed by atoms with van der Waals surface area (Å²) in [6.45, 7) is 9.93. The Bertz CT molecular complexity index is 1150. The number of anilines is 2. The summed E-state index contributed by atoms with van der Waals surface area (Å²) in [5.41, 5.74) is 7.13. The van der Waals surface area contributed by atoms with Crippen molar-refractivity contribution >= 4 is 34.6 Å². The molecule has 0 saturated carbocycles. The van der Waals surface area contributed by atoms with Crippen molar-refractivity contribution in [1.82, 2.24) is 15.3 Å². The first-order chi connectivity index (χ1) is 15.3. The Morgan fingerprint density at radius 1 is 1.16 bits per heavy atom. The molecular formula is C25H29N5OS. The number of aromatic amines is 1. The van der Waals surface area contributed by atoms with Crippen LogP contribution in [0.5, 0.6) is 0 Å². The van der Waals surface area contributed by atoms with Gasteiger partial charge < -0.3 is 20.5 Å². The van der Waals surface area contributed by atoms with Crippen LogP contribution < -0.4 is 15.5 Å². The maximum absolute atomic E-state index is 12.2. The maximum Gasteiger partial charge on any atom is 0.226 e. The number of hydrogen-bond donors (Lipinski definition) is 3. The first-order valence-electron chi connectivity index (χ1n) is 10.8. The molecular weight excluding hydrogens is 418 g/mol. The Morgan fingerprint density at radius 2 is 1.94 bits per heavy atom. The lowest BCUT2D eigenvalue weighted by molar-refractivity contribution is -0.118. The molecule has 0 spiro atoms. The van der Waals surface area contributed by atoms with Gasteiger partial charge >= 0.3 is 0 Å². The summed E-state index contributed by atoms with van der Waals surface area (Å²) in [6, 6.07) is 14.0. The average molecular weight is 448 g/mol. The third-order valence-electron chi connectivity index (χ3n) is 5.88. The predicted octanol–water partition coefficient (Wildman–Crippen LogP) is 5.11. The highest BCUT2D eigenvalue weighted by Gasteiger charge is 2.41. The van der Waals surface area contributed by atoms with Crippen LogP contribution in [-0.2, 0) is 4.79 Å². The minimum atomic E-state index is -0.0850. The van der Waals surface area contributed by atoms with Crippen molar-refractivity contribution in [3.63, 3.8) is 0 Å². The van der Waals surface area contributed by atoms with E-state index in [1.165, 1.54) is 5.56 Å². The zero-order chi connectivity index (χ0) is 23.0. The molecule has 1 aliphatic rings. The predicted molar refractivity (Wildman–Crippen MR) is 133 cm³/mol. The summed E-state index contributed by atoms with van der Waals surface area (Å²) >= 11 is 5.81. The zero-order valence-electron chi connectivity index (χ0n) is 19.1. The topological polar surface area (TPSA) is 73.1 Å². The van der Waals surface area contributed by atoms with Gasteiger partial charge in [0.1, 0.15) is 0 Å². The molecule has 3 heterocycles. The van der Waals surface area contributed by atoms with E-state index in [9.17, 15) is 4.79 Å². The normalized spacial score (nSPS) is 18.2. The number of pyridine rings is 1. The van der Waals surface area contributed by atoms with E-state index in [0.29, 0.717) is 5.11 Å². The van der Waals surface area contributed by atoms with E-state index < -0.39 is 0 Å². The fraction of sp³-hybridized carbons (Fsp3) is 0.320. The molecule has 1 saturated heterocycles. The standard InChI is InChI=1S/C25H29N5OS/c1-14(2)24(31)28-20-10-9-18(12-15(20)3)30-23(19-13-16(4)27-17(19)5)22(29-25(30)32)21-8-6-7-11-26-21/h6-14,22-23,27H,1-5H3,(H,28,31)(H,29,32)/t22-,23-/m0/s1. The molecule has 0 bridgehead atoms. The minimum Gasteiger partial charge on any atom is -0.362 e. The molecule has 3 aromatic rings. The van der Waals surface area contributed by atoms with Crippen LogP contribution in [0.3, 0.4) is 0 Å². The highest BCUT2D eigenvalue weighted by molar-refractivity contribution is 7.80. The van der Waals surface area contributed by atoms with Crippen molar-refractivity contribution < 1.29 is 4.79 Å². The number of carbonyl (C=O) groups is 1. The average Bonchev–Trinajstić information content (AvgIpc) is 3.27. The Balaban J connectivity index is 1.76. The molecule has 1 amide bonds. The Hall–Kier alpha value is -3.19. The number of aryl methyl sites for hydroxylation is 3. The molecule has 32 heavy (non-hydrogen) atoms. The number of amides is 1. The fourth-order valence-corrected chi connectivity index (χ4v) is 4.56. The molecule has 3 N–H and O–H groups in total. The van der Waals surface area contributed by atoms with Gasteiger partial charge in [-0.2, -0.15) is 0 Å². The summed E-state index contributed by atoms with van der Waals surface area (Å²) in [6.07, 6.45) is 1.81. The molecule has 166 valence electrons. The maximum atomic E-state index is 12.2. The first kappa shape index (κ1) is 22.0. The van der Waals surface area contributed by atoms with Crippen LogP contribution in [0, 0.1) is 26.7 Å². The molecule has 1 fully saturated rings. The van der Waals surface area contributed by atoms with Crippen LogP contribution in [-0.4, -0.2) is 21.0 Å². The molecule has 2 aromatic heterocycles. The lowest BCUT2D eigenvalue weighted by Gasteiger charge is -2.28. The molecule has 2 atom stereocenters. The molecule has 0 unspecified atom stereocenters. The monoisotopic (exact) mass is 447 g/mol. The van der Waals surface area contributed by atoms with Gasteiger partial charge in [-0.25, -0.2) is 0 Å². The van der Waals surface area contributed by atoms with Crippen molar-refractivity contribution in [2.75, 3.05) is 10.2 Å². The lowest BCUT2D eigenvalue weighted by Crippen LogP contribution is -2.29. The second kappa shape index (κ2) is 8.74. The van der Waals surface area contributed by atoms with Gasteiger partial charge in [-0.05, 0) is 80.5 Å². The van der Waals surface area contributed by atoms with Gasteiger partial charge in [0.25, 0.3) is 0 Å². The van der Waals surface area contributed by atoms with Gasteiger partial charge in [0, 0.05) is 34.9 Å². The number of thiocarbonyl (C=S) groups is 1. The highest BCUT2D eigenvalue weighted by atomic mass is 32.1. The highest BCUT2D eigenvalue weighted by Crippen LogP contribution is 2.43. The molecule has 6 nitrogen and oxygen atoms in total. The third kappa shape index (κ3) is 4.12. The number of nitrogens with one attached hydrogen (secondary N) is 3. The van der Waals surface area contributed by atoms with Crippen LogP contribution in [0.15, 0.2) is 48.7 Å². The quantitative estimate of drug-likeness (QED) is 0.474. The number of H-pyrrole nitrogens is 1. The van der Waals surface area contributed by atoms with Crippen LogP contribution in [0.1, 0.15) is 54.1 Å². The smallest absolute Gasteiger partial charge is 0.226 e. The van der Waals surface area contributed by atoms with Crippen LogP contribution in [0.2, 0.25) is 0 Å². The van der Waals surface area contributed by atoms with Crippen molar-refractivity contribution in [3.05, 3.63) is 76.9 Å². The molecule has 7 heteroatoms. The third-order valence-corrected chi connectivity index (χ3v) is 6.19. The van der Waals surface area contributed by atoms with Crippen molar-refractivity contribution in [2.24, 2.45) is 5.92 Å². The Kier molecular flexibility index (Phi) is 6.02. The summed E-state index contributed by atoms with van der Waals surface area (Å²) in [5.74, 6) is -0.0709. The summed E-state index contributed by atoms with van der Waals surface area (Å²) in [5, 5.41) is 7.16. The molecule has 0 aliphatic carbocycles. The minimum absolute atomic E-state index is 0.00530. The molecule has 0 radical (unpaired) electrons. The second-order valence-electron chi connectivity index (χ2n) is 8.67. The van der Waals surface area contributed by atoms with E-state index in [1.807, 2.05) is 57.3 Å². The Labute approximate surface area is 194 Å². The van der Waals surface area contributed by atoms with E-state index in [1.54, 1.807) is 0 Å². The number of benzene rings is 1. The first-order valence-corrected chi connectivity index (χ1v) is 11.3. The van der Waals surface area contributed by atoms with Gasteiger partial charge in [0.05, 0.1) is 17.8 Å². The molecule has 1 aliphatic heterocycles. The van der Waals surface area contributed by atoms with Crippen LogP contribution in [0.4, 0.5) is 11.4 Å². The fourth-order valence-electron chi connectivity index (χ4n) is 4.22. The summed E-state index contributed by atoms with van der Waals surface area (Å²) in [7, 11) is 0. The number of hydrogen-bond acceptors (Lipinski definition) is 3. The van der Waals surface area contributed by atoms with Crippen molar-refractivity contribution in [2.45, 2.75) is 46.7 Å². The number of aromatic nitrogens is 2. The van der Waals surface area contributed by atoms with Crippen molar-refractivity contribution in [3.8, 4) is 0 Å². The van der Waals surface area contributed by atoms with E-state index in [2.05, 4.69) is 51.5 Å². The van der Waals surface area contributed by atoms with E-state index in [0.717, 1.165) is 34.0 Å². The zero-order valence-corrected chi connectivity index (χ0v) is 19.9. The second-order valence-corrected chi connectivity index (χ2v) is 9.06. The SMILES string of the molecule is Cc1cc([C@H]2[C@H](c3ccccn3)NC(=S)N2c2ccc(NC(=O)C(C)C)c(C)c2)c(C)[nH]1. The van der Waals surface area contributed by atoms with E-state index in [-0.39, 0.29) is 23.9 Å². The number of carbonyl (C=O) groups excluding carboxylic acids is 1. The van der Waals surface area contributed by atoms with Crippen molar-refractivity contribution in [1.29, 1.82) is 0 Å². The Morgan fingerprint density at radius 3 is 2.53 bits per heavy atom. The van der Waals surface area contributed by atoms with Gasteiger partial charge in [-0.15, -0.1) is 0 Å². The van der Waals surface area contributed by atoms with E-state index >= 15 is 0 Å². The van der Waals surface area contributed by atoms with Crippen LogP contribution in [0.25, 0.3) is 0 Å². The van der Waals surface area contributed by atoms with Crippen LogP contribution >= 0.6 is 12.2 Å². The summed E-state index contributed by atoms with van der Waals surface area (Å²) < 4.78 is 0. The number of rotatable bonds is 5. The van der Waals surface area contributed by atoms with E-state index in [4.69, 9.17) is 12.2 Å². The summed E-state index contributed by atoms with van der Waals surface area (Å²) in [4.78, 5) is 22.4. The van der Waals surface area contributed by atoms with Gasteiger partial charge in [-0.1, -0.05) is 19.9 Å². The molecule has 1 aromatic carbocycles. The van der Waals surface area contributed by atoms with Gasteiger partial charge in [0.2, 0.25) is 5.91 Å². The number of nitrogens with zero attached hydrogens (tertiary/aromatic N) is 2. The van der Waals surface area contributed by atoms with Gasteiger partial charge in [-0.3, -0.25) is 9.78 Å².